The summed E-state index contributed by atoms with van der Waals surface area (Å²) in [6.45, 7) is 10.4. The molecular weight excluding hydrogens is 539 g/mol. The van der Waals surface area contributed by atoms with Crippen molar-refractivity contribution in [2.24, 2.45) is 0 Å². The van der Waals surface area contributed by atoms with E-state index in [1.54, 1.807) is 20.8 Å². The van der Waals surface area contributed by atoms with Crippen molar-refractivity contribution in [3.05, 3.63) is 68.4 Å². The largest absolute Gasteiger partial charge is 0.496 e. The fourth-order valence-corrected chi connectivity index (χ4v) is 5.77. The van der Waals surface area contributed by atoms with E-state index in [4.69, 9.17) is 9.47 Å². The second-order valence-corrected chi connectivity index (χ2v) is 11.0. The topological polar surface area (TPSA) is 122 Å². The van der Waals surface area contributed by atoms with Crippen molar-refractivity contribution in [1.82, 2.24) is 29.4 Å². The van der Waals surface area contributed by atoms with Crippen LogP contribution in [-0.4, -0.2) is 49.3 Å². The molecule has 11 nitrogen and oxygen atoms in total. The molecule has 0 radical (unpaired) electrons. The third kappa shape index (κ3) is 5.56. The van der Waals surface area contributed by atoms with E-state index in [0.717, 1.165) is 4.57 Å². The van der Waals surface area contributed by atoms with Crippen LogP contribution in [0.15, 0.2) is 40.2 Å². The minimum Gasteiger partial charge on any atom is -0.496 e. The minimum absolute atomic E-state index is 0.0853. The number of hydrogen-bond acceptors (Lipinski definition) is 8. The molecule has 0 spiro atoms. The maximum absolute atomic E-state index is 14.4. The highest BCUT2D eigenvalue weighted by atomic mass is 32.1. The van der Waals surface area contributed by atoms with E-state index in [0.29, 0.717) is 26.7 Å². The number of fused-ring (bicyclic) bond motifs is 1. The predicted octanol–water partition coefficient (Wildman–Crippen LogP) is 3.51. The number of amides is 1. The van der Waals surface area contributed by atoms with E-state index in [-0.39, 0.29) is 24.1 Å². The molecule has 0 aliphatic rings. The van der Waals surface area contributed by atoms with E-state index in [9.17, 15) is 18.8 Å². The van der Waals surface area contributed by atoms with E-state index < -0.39 is 35.1 Å². The number of nitrogens with zero attached hydrogens (tertiary/aromatic N) is 5. The number of thiophene rings is 1. The summed E-state index contributed by atoms with van der Waals surface area (Å²) >= 11 is 1.17. The quantitative estimate of drug-likeness (QED) is 0.309. The summed E-state index contributed by atoms with van der Waals surface area (Å²) in [6, 6.07) is 2.79. The Morgan fingerprint density at radius 1 is 1.12 bits per heavy atom. The zero-order chi connectivity index (χ0) is 29.3. The number of carbonyl (C=O) groups excluding carboxylic acids is 1. The van der Waals surface area contributed by atoms with Gasteiger partial charge in [-0.2, -0.15) is 10.2 Å². The molecule has 3 aromatic heterocycles. The van der Waals surface area contributed by atoms with Crippen LogP contribution in [-0.2, 0) is 16.1 Å². The molecule has 13 heteroatoms. The number of nitrogens with one attached hydrogen (secondary N) is 1. The summed E-state index contributed by atoms with van der Waals surface area (Å²) in [7, 11) is 1.47. The molecule has 1 amide bonds. The van der Waals surface area contributed by atoms with Crippen LogP contribution in [0.1, 0.15) is 57.9 Å². The van der Waals surface area contributed by atoms with Crippen LogP contribution in [0, 0.1) is 12.7 Å². The highest BCUT2D eigenvalue weighted by Crippen LogP contribution is 2.34. The van der Waals surface area contributed by atoms with Crippen LogP contribution < -0.4 is 21.3 Å². The maximum atomic E-state index is 14.4. The molecule has 1 N–H and O–H groups in total. The Labute approximate surface area is 234 Å². The molecular formula is C27H33FN6O5S. The average Bonchev–Trinajstić information content (AvgIpc) is 3.53. The first-order chi connectivity index (χ1) is 18.9. The van der Waals surface area contributed by atoms with Crippen LogP contribution in [0.4, 0.5) is 4.39 Å². The number of carbonyl (C=O) groups is 1. The van der Waals surface area contributed by atoms with Gasteiger partial charge in [-0.25, -0.2) is 13.8 Å². The molecule has 0 aliphatic carbocycles. The summed E-state index contributed by atoms with van der Waals surface area (Å²) in [5, 5.41) is 12.0. The van der Waals surface area contributed by atoms with Crippen molar-refractivity contribution < 1.29 is 18.7 Å². The highest BCUT2D eigenvalue weighted by Gasteiger charge is 2.29. The Morgan fingerprint density at radius 2 is 1.80 bits per heavy atom. The first-order valence-electron chi connectivity index (χ1n) is 12.9. The Hall–Kier alpha value is -3.84. The zero-order valence-corrected chi connectivity index (χ0v) is 24.3. The van der Waals surface area contributed by atoms with Crippen molar-refractivity contribution in [2.45, 2.75) is 72.4 Å². The van der Waals surface area contributed by atoms with Gasteiger partial charge in [0, 0.05) is 17.2 Å². The lowest BCUT2D eigenvalue weighted by molar-refractivity contribution is -0.124. The number of benzene rings is 1. The van der Waals surface area contributed by atoms with Gasteiger partial charge in [-0.05, 0) is 59.7 Å². The van der Waals surface area contributed by atoms with Crippen molar-refractivity contribution in [1.29, 1.82) is 0 Å². The molecule has 1 aromatic carbocycles. The van der Waals surface area contributed by atoms with Gasteiger partial charge in [-0.15, -0.1) is 4.80 Å². The molecule has 2 unspecified atom stereocenters. The number of aromatic nitrogens is 5. The van der Waals surface area contributed by atoms with Gasteiger partial charge >= 0.3 is 5.69 Å². The van der Waals surface area contributed by atoms with Crippen LogP contribution in [0.25, 0.3) is 15.2 Å². The van der Waals surface area contributed by atoms with Gasteiger partial charge in [0.2, 0.25) is 5.91 Å². The average molecular weight is 573 g/mol. The Bertz CT molecular complexity index is 1640. The monoisotopic (exact) mass is 572 g/mol. The number of hydrogen-bond donors (Lipinski definition) is 1. The molecule has 0 aliphatic heterocycles. The molecule has 2 atom stereocenters. The van der Waals surface area contributed by atoms with Crippen molar-refractivity contribution in [3.8, 4) is 10.8 Å². The lowest BCUT2D eigenvalue weighted by atomic mass is 10.1. The maximum Gasteiger partial charge on any atom is 0.332 e. The molecule has 0 bridgehead atoms. The summed E-state index contributed by atoms with van der Waals surface area (Å²) in [4.78, 5) is 42.6. The first-order valence-corrected chi connectivity index (χ1v) is 13.7. The molecule has 40 heavy (non-hydrogen) atoms. The predicted molar refractivity (Wildman–Crippen MR) is 150 cm³/mol. The van der Waals surface area contributed by atoms with E-state index in [2.05, 4.69) is 15.5 Å². The number of rotatable bonds is 10. The molecule has 0 saturated heterocycles. The first kappa shape index (κ1) is 29.2. The fourth-order valence-electron chi connectivity index (χ4n) is 4.55. The molecule has 3 heterocycles. The zero-order valence-electron chi connectivity index (χ0n) is 23.5. The second kappa shape index (κ2) is 11.7. The van der Waals surface area contributed by atoms with Crippen molar-refractivity contribution in [2.75, 3.05) is 7.11 Å². The number of halogens is 1. The third-order valence-electron chi connectivity index (χ3n) is 6.34. The van der Waals surface area contributed by atoms with Gasteiger partial charge in [0.25, 0.3) is 5.56 Å². The summed E-state index contributed by atoms with van der Waals surface area (Å²) < 4.78 is 28.4. The molecule has 4 aromatic rings. The van der Waals surface area contributed by atoms with Crippen LogP contribution in [0.3, 0.4) is 0 Å². The Kier molecular flexibility index (Phi) is 8.54. The van der Waals surface area contributed by atoms with E-state index in [1.807, 2.05) is 13.8 Å². The number of ether oxygens (including phenoxy) is 2. The van der Waals surface area contributed by atoms with Crippen molar-refractivity contribution in [3.63, 3.8) is 0 Å². The fraction of sp³-hybridized carbons (Fsp3) is 0.444. The smallest absolute Gasteiger partial charge is 0.332 e. The number of methoxy groups -OCH3 is 1. The van der Waals surface area contributed by atoms with Crippen LogP contribution in [0.2, 0.25) is 0 Å². The lowest BCUT2D eigenvalue weighted by Gasteiger charge is -2.25. The Morgan fingerprint density at radius 3 is 2.40 bits per heavy atom. The molecule has 214 valence electrons. The highest BCUT2D eigenvalue weighted by molar-refractivity contribution is 7.21. The van der Waals surface area contributed by atoms with E-state index >= 15 is 0 Å². The SMILES string of the molecule is COc1ccc(F)cc1C(Cn1c(=O)n(C(C)C(=O)NC(C)C)c(=O)c2c(C)c(-n3nccn3)sc21)OC(C)C. The van der Waals surface area contributed by atoms with Gasteiger partial charge < -0.3 is 14.8 Å². The second-order valence-electron chi connectivity index (χ2n) is 10.00. The standard InChI is InChI=1S/C27H33FN6O5S/c1-14(2)31-23(35)17(6)33-24(36)22-16(5)25(34-29-10-11-30-34)40-26(22)32(27(33)37)13-21(39-15(3)4)19-12-18(28)8-9-20(19)38-7/h8-12,14-15,17,21H,13H2,1-7H3,(H,31,35). The lowest BCUT2D eigenvalue weighted by Crippen LogP contribution is -2.47. The van der Waals surface area contributed by atoms with Gasteiger partial charge in [0.15, 0.2) is 0 Å². The molecule has 0 fully saturated rings. The molecule has 0 saturated carbocycles. The molecule has 4 rings (SSSR count). The van der Waals surface area contributed by atoms with E-state index in [1.165, 1.54) is 65.3 Å². The summed E-state index contributed by atoms with van der Waals surface area (Å²) in [5.74, 6) is -0.574. The normalized spacial score (nSPS) is 13.2. The van der Waals surface area contributed by atoms with Gasteiger partial charge in [0.1, 0.15) is 33.5 Å². The summed E-state index contributed by atoms with van der Waals surface area (Å²) in [5.41, 5.74) is -0.330. The third-order valence-corrected chi connectivity index (χ3v) is 7.62. The van der Waals surface area contributed by atoms with Gasteiger partial charge in [-0.3, -0.25) is 14.2 Å². The minimum atomic E-state index is -1.10. The van der Waals surface area contributed by atoms with Crippen molar-refractivity contribution >= 4 is 27.5 Å². The van der Waals surface area contributed by atoms with Gasteiger partial charge in [-0.1, -0.05) is 11.3 Å². The summed E-state index contributed by atoms with van der Waals surface area (Å²) in [6.07, 6.45) is 1.90. The Balaban J connectivity index is 2.01. The van der Waals surface area contributed by atoms with Gasteiger partial charge in [0.05, 0.1) is 37.5 Å². The number of aryl methyl sites for hydroxylation is 1. The van der Waals surface area contributed by atoms with Crippen LogP contribution in [0.5, 0.6) is 5.75 Å². The van der Waals surface area contributed by atoms with Crippen LogP contribution >= 0.6 is 11.3 Å².